The Bertz CT molecular complexity index is 1840. The summed E-state index contributed by atoms with van der Waals surface area (Å²) in [5.74, 6) is 1.71. The maximum Gasteiger partial charge on any atom is 0.130 e. The van der Waals surface area contributed by atoms with E-state index in [0.29, 0.717) is 0 Å². The molecule has 3 heteroatoms. The Morgan fingerprint density at radius 3 is 2.33 bits per heavy atom. The number of allylic oxidation sites excluding steroid dienone is 3. The van der Waals surface area contributed by atoms with Gasteiger partial charge in [-0.2, -0.15) is 0 Å². The third kappa shape index (κ3) is 3.95. The van der Waals surface area contributed by atoms with E-state index in [0.717, 1.165) is 46.6 Å². The minimum atomic E-state index is 0.0736. The minimum Gasteiger partial charge on any atom is -0.457 e. The molecule has 0 spiro atoms. The molecule has 0 fully saturated rings. The van der Waals surface area contributed by atoms with Gasteiger partial charge in [-0.25, -0.2) is 0 Å². The van der Waals surface area contributed by atoms with Crippen LogP contribution in [-0.2, 0) is 6.42 Å². The highest BCUT2D eigenvalue weighted by molar-refractivity contribution is 6.05. The molecule has 0 aliphatic heterocycles. The van der Waals surface area contributed by atoms with E-state index in [9.17, 15) is 0 Å². The second-order valence-corrected chi connectivity index (χ2v) is 10.3. The van der Waals surface area contributed by atoms with E-state index in [1.165, 1.54) is 44.2 Å². The van der Waals surface area contributed by atoms with Gasteiger partial charge in [0.1, 0.15) is 17.3 Å². The van der Waals surface area contributed by atoms with Gasteiger partial charge in [-0.1, -0.05) is 91.0 Å². The molecule has 3 nitrogen and oxygen atoms in total. The summed E-state index contributed by atoms with van der Waals surface area (Å²) < 4.78 is 6.36. The molecule has 0 amide bonds. The van der Waals surface area contributed by atoms with E-state index < -0.39 is 0 Å². The fourth-order valence-electron chi connectivity index (χ4n) is 6.00. The van der Waals surface area contributed by atoms with Crippen molar-refractivity contribution >= 4 is 28.3 Å². The Labute approximate surface area is 228 Å². The maximum absolute atomic E-state index is 7.63. The first-order chi connectivity index (χ1) is 19.1. The highest BCUT2D eigenvalue weighted by Crippen LogP contribution is 2.43. The summed E-state index contributed by atoms with van der Waals surface area (Å²) >= 11 is 0. The molecule has 0 saturated carbocycles. The maximum atomic E-state index is 7.63. The van der Waals surface area contributed by atoms with Crippen molar-refractivity contribution in [2.24, 2.45) is 5.73 Å². The van der Waals surface area contributed by atoms with Gasteiger partial charge in [-0.15, -0.1) is 0 Å². The van der Waals surface area contributed by atoms with Crippen molar-refractivity contribution < 1.29 is 4.74 Å². The van der Waals surface area contributed by atoms with Crippen molar-refractivity contribution in [2.45, 2.75) is 19.8 Å². The van der Waals surface area contributed by atoms with Gasteiger partial charge in [0.2, 0.25) is 0 Å². The first-order valence-corrected chi connectivity index (χ1v) is 13.3. The molecule has 5 aromatic carbocycles. The normalized spacial score (nSPS) is 13.3. The van der Waals surface area contributed by atoms with Crippen molar-refractivity contribution in [1.29, 1.82) is 5.41 Å². The fraction of sp³-hybridized carbons (Fsp3) is 0.0833. The van der Waals surface area contributed by atoms with Crippen LogP contribution in [0, 0.1) is 12.3 Å². The summed E-state index contributed by atoms with van der Waals surface area (Å²) in [5.41, 5.74) is 17.7. The molecule has 0 unspecified atom stereocenters. The van der Waals surface area contributed by atoms with Crippen LogP contribution in [0.4, 0.5) is 0 Å². The highest BCUT2D eigenvalue weighted by Gasteiger charge is 2.21. The number of hydrogen-bond acceptors (Lipinski definition) is 2. The smallest absolute Gasteiger partial charge is 0.130 e. The lowest BCUT2D eigenvalue weighted by atomic mass is 9.79. The first kappa shape index (κ1) is 23.2. The van der Waals surface area contributed by atoms with Crippen LogP contribution in [0.1, 0.15) is 34.2 Å². The van der Waals surface area contributed by atoms with Gasteiger partial charge in [-0.3, -0.25) is 5.41 Å². The van der Waals surface area contributed by atoms with Crippen LogP contribution < -0.4 is 10.5 Å². The molecular formula is C36H28N2O. The molecule has 0 saturated heterocycles. The van der Waals surface area contributed by atoms with E-state index in [4.69, 9.17) is 15.9 Å². The van der Waals surface area contributed by atoms with Crippen molar-refractivity contribution in [2.75, 3.05) is 0 Å². The van der Waals surface area contributed by atoms with Crippen molar-refractivity contribution in [3.8, 4) is 33.8 Å². The van der Waals surface area contributed by atoms with Gasteiger partial charge < -0.3 is 10.5 Å². The monoisotopic (exact) mass is 504 g/mol. The third-order valence-electron chi connectivity index (χ3n) is 8.02. The Morgan fingerprint density at radius 2 is 1.54 bits per heavy atom. The summed E-state index contributed by atoms with van der Waals surface area (Å²) in [6, 6.07) is 31.4. The Morgan fingerprint density at radius 1 is 0.795 bits per heavy atom. The zero-order chi connectivity index (χ0) is 26.5. The number of hydrogen-bond donors (Lipinski definition) is 2. The molecule has 0 bridgehead atoms. The average molecular weight is 505 g/mol. The zero-order valence-electron chi connectivity index (χ0n) is 21.8. The van der Waals surface area contributed by atoms with Crippen molar-refractivity contribution in [1.82, 2.24) is 0 Å². The van der Waals surface area contributed by atoms with Gasteiger partial charge in [-0.05, 0) is 98.8 Å². The molecular weight excluding hydrogens is 476 g/mol. The van der Waals surface area contributed by atoms with E-state index in [-0.39, 0.29) is 5.84 Å². The molecule has 0 heterocycles. The summed E-state index contributed by atoms with van der Waals surface area (Å²) in [5, 5.41) is 10.4. The number of benzene rings is 5. The SMILES string of the molecule is Cc1c(Oc2ccc(-c3ccc4ccc5c6c4c3CC=C6CC=C5)cc2)cccc1-c1ccc(C(=N)N)cc1. The van der Waals surface area contributed by atoms with Gasteiger partial charge >= 0.3 is 0 Å². The Kier molecular flexibility index (Phi) is 5.45. The molecule has 7 rings (SSSR count). The highest BCUT2D eigenvalue weighted by atomic mass is 16.5. The van der Waals surface area contributed by atoms with Crippen molar-refractivity contribution in [3.63, 3.8) is 0 Å². The molecule has 39 heavy (non-hydrogen) atoms. The molecule has 0 atom stereocenters. The van der Waals surface area contributed by atoms with Crippen LogP contribution in [0.5, 0.6) is 11.5 Å². The van der Waals surface area contributed by atoms with Crippen LogP contribution in [0.15, 0.2) is 103 Å². The largest absolute Gasteiger partial charge is 0.457 e. The predicted octanol–water partition coefficient (Wildman–Crippen LogP) is 8.91. The van der Waals surface area contributed by atoms with Gasteiger partial charge in [0.25, 0.3) is 0 Å². The Hall–Kier alpha value is -4.89. The third-order valence-corrected chi connectivity index (χ3v) is 8.02. The fourth-order valence-corrected chi connectivity index (χ4v) is 6.00. The van der Waals surface area contributed by atoms with E-state index in [2.05, 4.69) is 79.7 Å². The van der Waals surface area contributed by atoms with Gasteiger partial charge in [0.15, 0.2) is 0 Å². The second-order valence-electron chi connectivity index (χ2n) is 10.3. The summed E-state index contributed by atoms with van der Waals surface area (Å²) in [4.78, 5) is 0. The lowest BCUT2D eigenvalue weighted by Crippen LogP contribution is -2.10. The topological polar surface area (TPSA) is 59.1 Å². The van der Waals surface area contributed by atoms with Gasteiger partial charge in [0, 0.05) is 5.56 Å². The summed E-state index contributed by atoms with van der Waals surface area (Å²) in [7, 11) is 0. The standard InChI is InChI=1S/C36H28N2O/c1-22-30(23-8-12-28(13-9-23)36(37)38)6-3-7-33(22)39-29-18-14-24(15-19-29)31-20-16-27-11-10-25-4-2-5-26-17-21-32(31)35(27)34(25)26/h2-4,6-20H,5,21H2,1H3,(H3,37,38). The van der Waals surface area contributed by atoms with Crippen molar-refractivity contribution in [3.05, 3.63) is 131 Å². The lowest BCUT2D eigenvalue weighted by Gasteiger charge is -2.25. The number of rotatable bonds is 5. The number of nitrogen functional groups attached to an aromatic ring is 1. The second kappa shape index (κ2) is 9.14. The quantitative estimate of drug-likeness (QED) is 0.185. The number of nitrogens with one attached hydrogen (secondary N) is 1. The molecule has 2 aliphatic carbocycles. The molecule has 2 aliphatic rings. The average Bonchev–Trinajstić information content (AvgIpc) is 2.97. The minimum absolute atomic E-state index is 0.0736. The predicted molar refractivity (Wildman–Crippen MR) is 162 cm³/mol. The molecule has 3 N–H and O–H groups in total. The van der Waals surface area contributed by atoms with Crippen LogP contribution >= 0.6 is 0 Å². The van der Waals surface area contributed by atoms with Crippen LogP contribution in [0.25, 0.3) is 44.7 Å². The number of nitrogens with two attached hydrogens (primary N) is 1. The lowest BCUT2D eigenvalue weighted by molar-refractivity contribution is 0.479. The van der Waals surface area contributed by atoms with Gasteiger partial charge in [0.05, 0.1) is 0 Å². The van der Waals surface area contributed by atoms with E-state index in [1.54, 1.807) is 0 Å². The molecule has 188 valence electrons. The summed E-state index contributed by atoms with van der Waals surface area (Å²) in [6.45, 7) is 2.08. The first-order valence-electron chi connectivity index (χ1n) is 13.3. The molecule has 0 radical (unpaired) electrons. The Balaban J connectivity index is 1.20. The molecule has 0 aromatic heterocycles. The van der Waals surface area contributed by atoms with Crippen LogP contribution in [0.2, 0.25) is 0 Å². The number of ether oxygens (including phenoxy) is 1. The van der Waals surface area contributed by atoms with Crippen LogP contribution in [-0.4, -0.2) is 5.84 Å². The summed E-state index contributed by atoms with van der Waals surface area (Å²) in [6.07, 6.45) is 8.93. The van der Waals surface area contributed by atoms with E-state index >= 15 is 0 Å². The number of amidine groups is 1. The van der Waals surface area contributed by atoms with E-state index in [1.807, 2.05) is 36.4 Å². The molecule has 5 aromatic rings. The van der Waals surface area contributed by atoms with Crippen LogP contribution in [0.3, 0.4) is 0 Å². The zero-order valence-corrected chi connectivity index (χ0v) is 21.8.